The van der Waals surface area contributed by atoms with E-state index in [9.17, 15) is 18.4 Å². The topological polar surface area (TPSA) is 52.6 Å². The number of hydrogen-bond acceptors (Lipinski definition) is 4. The van der Waals surface area contributed by atoms with E-state index in [1.54, 1.807) is 13.8 Å². The average Bonchev–Trinajstić information content (AvgIpc) is 2.49. The fourth-order valence-electron chi connectivity index (χ4n) is 1.45. The van der Waals surface area contributed by atoms with Gasteiger partial charge < -0.3 is 9.47 Å². The molecule has 0 radical (unpaired) electrons. The summed E-state index contributed by atoms with van der Waals surface area (Å²) in [5.74, 6) is -4.71. The van der Waals surface area contributed by atoms with E-state index >= 15 is 0 Å². The quantitative estimate of drug-likeness (QED) is 0.114. The largest absolute Gasteiger partial charge is 0.500 e. The zero-order valence-corrected chi connectivity index (χ0v) is 13.2. The molecule has 0 saturated carbocycles. The number of ketones is 1. The second kappa shape index (κ2) is 8.10. The molecule has 0 aliphatic heterocycles. The highest BCUT2D eigenvalue weighted by Crippen LogP contribution is 2.32. The van der Waals surface area contributed by atoms with Gasteiger partial charge in [0.15, 0.2) is 11.6 Å². The zero-order valence-electron chi connectivity index (χ0n) is 11.7. The van der Waals surface area contributed by atoms with E-state index in [1.807, 2.05) is 0 Å². The predicted molar refractivity (Wildman–Crippen MR) is 77.1 cm³/mol. The maximum absolute atomic E-state index is 13.4. The maximum Gasteiger partial charge on any atom is 0.345 e. The number of hydrogen-bond donors (Lipinski definition) is 0. The minimum absolute atomic E-state index is 0.0157. The number of rotatable bonds is 6. The predicted octanol–water partition coefficient (Wildman–Crippen LogP) is 3.94. The Labute approximate surface area is 135 Å². The summed E-state index contributed by atoms with van der Waals surface area (Å²) in [5.41, 5.74) is -0.975. The van der Waals surface area contributed by atoms with E-state index in [1.165, 1.54) is 0 Å². The third-order valence-electron chi connectivity index (χ3n) is 2.46. The summed E-state index contributed by atoms with van der Waals surface area (Å²) in [7, 11) is 0. The molecular weight excluding hydrogens is 341 g/mol. The van der Waals surface area contributed by atoms with Gasteiger partial charge in [0.05, 0.1) is 23.3 Å². The van der Waals surface area contributed by atoms with Crippen LogP contribution in [0.4, 0.5) is 8.78 Å². The third-order valence-corrected chi connectivity index (χ3v) is 3.30. The minimum Gasteiger partial charge on any atom is -0.500 e. The Balaban J connectivity index is 3.34. The van der Waals surface area contributed by atoms with E-state index in [2.05, 4.69) is 0 Å². The molecule has 0 saturated heterocycles. The highest BCUT2D eigenvalue weighted by Gasteiger charge is 2.27. The Hall–Kier alpha value is -1.66. The minimum atomic E-state index is -1.38. The first-order valence-corrected chi connectivity index (χ1v) is 6.97. The van der Waals surface area contributed by atoms with E-state index in [0.29, 0.717) is 6.07 Å². The molecule has 0 aliphatic rings. The van der Waals surface area contributed by atoms with Gasteiger partial charge in [0, 0.05) is 5.56 Å². The Morgan fingerprint density at radius 1 is 1.18 bits per heavy atom. The van der Waals surface area contributed by atoms with Crippen molar-refractivity contribution < 1.29 is 27.8 Å². The Kier molecular flexibility index (Phi) is 6.77. The Morgan fingerprint density at radius 2 is 1.82 bits per heavy atom. The molecular formula is C14H12Cl2F2O4. The fourth-order valence-corrected chi connectivity index (χ4v) is 1.87. The van der Waals surface area contributed by atoms with Crippen LogP contribution in [0.15, 0.2) is 17.9 Å². The van der Waals surface area contributed by atoms with Crippen LogP contribution in [-0.2, 0) is 14.3 Å². The lowest BCUT2D eigenvalue weighted by Gasteiger charge is -2.09. The standard InChI is InChI=1S/C14H12Cl2F2O4/c1-3-21-6-8(14(20)22-4-2)13(19)7-5-9(17)12(18)11(16)10(7)15/h5-6H,3-4H2,1-2H3/b8-6-. The van der Waals surface area contributed by atoms with Crippen LogP contribution in [-0.4, -0.2) is 25.0 Å². The molecule has 0 aliphatic carbocycles. The first kappa shape index (κ1) is 18.4. The molecule has 0 spiro atoms. The van der Waals surface area contributed by atoms with Crippen LogP contribution in [0.3, 0.4) is 0 Å². The highest BCUT2D eigenvalue weighted by atomic mass is 35.5. The van der Waals surface area contributed by atoms with Crippen molar-refractivity contribution in [3.8, 4) is 0 Å². The normalized spacial score (nSPS) is 11.3. The molecule has 0 heterocycles. The first-order chi connectivity index (χ1) is 10.3. The molecule has 0 amide bonds. The number of halogens is 4. The van der Waals surface area contributed by atoms with Crippen LogP contribution >= 0.6 is 23.2 Å². The molecule has 120 valence electrons. The molecule has 0 bridgehead atoms. The van der Waals surface area contributed by atoms with E-state index in [-0.39, 0.29) is 13.2 Å². The van der Waals surface area contributed by atoms with Crippen LogP contribution in [0.5, 0.6) is 0 Å². The fraction of sp³-hybridized carbons (Fsp3) is 0.286. The molecule has 0 fully saturated rings. The number of ether oxygens (including phenoxy) is 2. The Morgan fingerprint density at radius 3 is 2.36 bits per heavy atom. The van der Waals surface area contributed by atoms with Crippen molar-refractivity contribution in [1.29, 1.82) is 0 Å². The van der Waals surface area contributed by atoms with Gasteiger partial charge in [-0.05, 0) is 19.9 Å². The van der Waals surface area contributed by atoms with Crippen molar-refractivity contribution in [2.45, 2.75) is 13.8 Å². The van der Waals surface area contributed by atoms with E-state index in [4.69, 9.17) is 32.7 Å². The van der Waals surface area contributed by atoms with Crippen LogP contribution in [0.2, 0.25) is 10.0 Å². The molecule has 1 aromatic rings. The first-order valence-electron chi connectivity index (χ1n) is 6.21. The third kappa shape index (κ3) is 3.96. The summed E-state index contributed by atoms with van der Waals surface area (Å²) < 4.78 is 36.3. The molecule has 1 aromatic carbocycles. The smallest absolute Gasteiger partial charge is 0.345 e. The second-order valence-electron chi connectivity index (χ2n) is 3.88. The molecule has 4 nitrogen and oxygen atoms in total. The van der Waals surface area contributed by atoms with Crippen molar-refractivity contribution in [3.05, 3.63) is 45.1 Å². The van der Waals surface area contributed by atoms with Gasteiger partial charge in [0.25, 0.3) is 0 Å². The van der Waals surface area contributed by atoms with Gasteiger partial charge in [0.2, 0.25) is 5.78 Å². The second-order valence-corrected chi connectivity index (χ2v) is 4.64. The maximum atomic E-state index is 13.4. The van der Waals surface area contributed by atoms with Crippen molar-refractivity contribution in [3.63, 3.8) is 0 Å². The summed E-state index contributed by atoms with van der Waals surface area (Å²) in [4.78, 5) is 24.1. The molecule has 0 atom stereocenters. The van der Waals surface area contributed by atoms with Gasteiger partial charge in [-0.15, -0.1) is 0 Å². The van der Waals surface area contributed by atoms with Gasteiger partial charge >= 0.3 is 5.97 Å². The number of carbonyl (C=O) groups excluding carboxylic acids is 2. The highest BCUT2D eigenvalue weighted by molar-refractivity contribution is 6.45. The van der Waals surface area contributed by atoms with Crippen LogP contribution in [0, 0.1) is 11.6 Å². The molecule has 22 heavy (non-hydrogen) atoms. The lowest BCUT2D eigenvalue weighted by Crippen LogP contribution is -2.17. The molecule has 8 heteroatoms. The monoisotopic (exact) mass is 352 g/mol. The number of benzene rings is 1. The summed E-state index contributed by atoms with van der Waals surface area (Å²) in [6, 6.07) is 0.560. The van der Waals surface area contributed by atoms with Crippen molar-refractivity contribution in [1.82, 2.24) is 0 Å². The summed E-state index contributed by atoms with van der Waals surface area (Å²) in [5, 5.41) is -1.25. The van der Waals surface area contributed by atoms with Crippen LogP contribution in [0.1, 0.15) is 24.2 Å². The van der Waals surface area contributed by atoms with E-state index < -0.39 is 44.6 Å². The molecule has 0 unspecified atom stereocenters. The van der Waals surface area contributed by atoms with Gasteiger partial charge in [-0.3, -0.25) is 4.79 Å². The summed E-state index contributed by atoms with van der Waals surface area (Å²) >= 11 is 11.3. The molecule has 0 N–H and O–H groups in total. The number of carbonyl (C=O) groups is 2. The zero-order chi connectivity index (χ0) is 16.9. The van der Waals surface area contributed by atoms with Gasteiger partial charge in [0.1, 0.15) is 11.8 Å². The average molecular weight is 353 g/mol. The van der Waals surface area contributed by atoms with Crippen molar-refractivity contribution in [2.24, 2.45) is 0 Å². The van der Waals surface area contributed by atoms with Gasteiger partial charge in [-0.1, -0.05) is 23.2 Å². The Bertz CT molecular complexity index is 630. The van der Waals surface area contributed by atoms with Gasteiger partial charge in [-0.25, -0.2) is 13.6 Å². The number of esters is 1. The molecule has 1 rings (SSSR count). The van der Waals surface area contributed by atoms with Crippen LogP contribution < -0.4 is 0 Å². The molecule has 0 aromatic heterocycles. The lowest BCUT2D eigenvalue weighted by molar-refractivity contribution is -0.138. The van der Waals surface area contributed by atoms with Gasteiger partial charge in [-0.2, -0.15) is 0 Å². The van der Waals surface area contributed by atoms with Crippen molar-refractivity contribution >= 4 is 35.0 Å². The number of Topliss-reactive ketones (excluding diaryl/α,β-unsaturated/α-hetero) is 1. The summed E-state index contributed by atoms with van der Waals surface area (Å²) in [6.07, 6.45) is 0.881. The van der Waals surface area contributed by atoms with E-state index in [0.717, 1.165) is 6.26 Å². The van der Waals surface area contributed by atoms with Crippen LogP contribution in [0.25, 0.3) is 0 Å². The SMILES string of the molecule is CCO/C=C(\C(=O)OCC)C(=O)c1cc(F)c(F)c(Cl)c1Cl. The lowest BCUT2D eigenvalue weighted by atomic mass is 10.0. The summed E-state index contributed by atoms with van der Waals surface area (Å²) in [6.45, 7) is 3.37. The van der Waals surface area contributed by atoms with Crippen molar-refractivity contribution in [2.75, 3.05) is 13.2 Å².